The van der Waals surface area contributed by atoms with Crippen LogP contribution in [0, 0.1) is 0 Å². The summed E-state index contributed by atoms with van der Waals surface area (Å²) in [5.74, 6) is 0.503. The molecule has 2 N–H and O–H groups in total. The summed E-state index contributed by atoms with van der Waals surface area (Å²) in [5, 5.41) is 9.05. The second-order valence-electron chi connectivity index (χ2n) is 3.66. The monoisotopic (exact) mass is 197 g/mol. The van der Waals surface area contributed by atoms with Crippen LogP contribution in [0.4, 0.5) is 5.82 Å². The first kappa shape index (κ1) is 10.7. The number of anilines is 1. The number of nitrogens with one attached hydrogen (secondary N) is 2. The molecule has 0 aliphatic carbocycles. The van der Waals surface area contributed by atoms with Crippen LogP contribution in [0.3, 0.4) is 0 Å². The van der Waals surface area contributed by atoms with Crippen molar-refractivity contribution in [3.05, 3.63) is 12.3 Å². The SMILES string of the molecule is COC(C)(C)CC(=O)Nc1ccn[nH]1. The number of aromatic amines is 1. The van der Waals surface area contributed by atoms with Crippen molar-refractivity contribution in [2.75, 3.05) is 12.4 Å². The Hall–Kier alpha value is -1.36. The van der Waals surface area contributed by atoms with Gasteiger partial charge >= 0.3 is 0 Å². The molecule has 0 aliphatic heterocycles. The zero-order valence-electron chi connectivity index (χ0n) is 8.63. The normalized spacial score (nSPS) is 11.4. The predicted octanol–water partition coefficient (Wildman–Crippen LogP) is 1.16. The largest absolute Gasteiger partial charge is 0.378 e. The second-order valence-corrected chi connectivity index (χ2v) is 3.66. The quantitative estimate of drug-likeness (QED) is 0.761. The summed E-state index contributed by atoms with van der Waals surface area (Å²) in [6.07, 6.45) is 1.89. The molecule has 14 heavy (non-hydrogen) atoms. The highest BCUT2D eigenvalue weighted by Crippen LogP contribution is 2.13. The third kappa shape index (κ3) is 3.18. The summed E-state index contributed by atoms with van der Waals surface area (Å²) >= 11 is 0. The van der Waals surface area contributed by atoms with Gasteiger partial charge in [-0.1, -0.05) is 0 Å². The highest BCUT2D eigenvalue weighted by atomic mass is 16.5. The van der Waals surface area contributed by atoms with Gasteiger partial charge in [-0.05, 0) is 13.8 Å². The van der Waals surface area contributed by atoms with E-state index in [0.29, 0.717) is 12.2 Å². The van der Waals surface area contributed by atoms with Crippen LogP contribution >= 0.6 is 0 Å². The minimum Gasteiger partial charge on any atom is -0.378 e. The number of hydrogen-bond donors (Lipinski definition) is 2. The number of carbonyl (C=O) groups is 1. The van der Waals surface area contributed by atoms with E-state index in [-0.39, 0.29) is 5.91 Å². The van der Waals surface area contributed by atoms with Crippen LogP contribution in [-0.2, 0) is 9.53 Å². The maximum absolute atomic E-state index is 11.4. The fourth-order valence-electron chi connectivity index (χ4n) is 0.979. The van der Waals surface area contributed by atoms with E-state index in [2.05, 4.69) is 15.5 Å². The molecule has 78 valence electrons. The number of nitrogens with zero attached hydrogens (tertiary/aromatic N) is 1. The number of hydrogen-bond acceptors (Lipinski definition) is 3. The molecule has 0 spiro atoms. The van der Waals surface area contributed by atoms with Crippen molar-refractivity contribution in [3.8, 4) is 0 Å². The number of amides is 1. The maximum atomic E-state index is 11.4. The fraction of sp³-hybridized carbons (Fsp3) is 0.556. The van der Waals surface area contributed by atoms with Crippen molar-refractivity contribution in [1.29, 1.82) is 0 Å². The van der Waals surface area contributed by atoms with Crippen molar-refractivity contribution in [1.82, 2.24) is 10.2 Å². The number of rotatable bonds is 4. The Morgan fingerprint density at radius 3 is 2.93 bits per heavy atom. The van der Waals surface area contributed by atoms with Gasteiger partial charge in [0, 0.05) is 13.2 Å². The second kappa shape index (κ2) is 4.23. The third-order valence-electron chi connectivity index (χ3n) is 1.91. The molecule has 5 nitrogen and oxygen atoms in total. The molecule has 0 bridgehead atoms. The van der Waals surface area contributed by atoms with Crippen LogP contribution in [-0.4, -0.2) is 28.8 Å². The molecule has 0 saturated carbocycles. The Morgan fingerprint density at radius 1 is 1.71 bits per heavy atom. The number of H-pyrrole nitrogens is 1. The summed E-state index contributed by atoms with van der Waals surface area (Å²) in [5.41, 5.74) is -0.440. The van der Waals surface area contributed by atoms with E-state index in [0.717, 1.165) is 0 Å². The lowest BCUT2D eigenvalue weighted by molar-refractivity contribution is -0.121. The Labute approximate surface area is 82.8 Å². The third-order valence-corrected chi connectivity index (χ3v) is 1.91. The summed E-state index contributed by atoms with van der Waals surface area (Å²) in [6, 6.07) is 1.69. The Morgan fingerprint density at radius 2 is 2.43 bits per heavy atom. The first-order valence-corrected chi connectivity index (χ1v) is 4.38. The summed E-state index contributed by atoms with van der Waals surface area (Å²) in [6.45, 7) is 3.72. The lowest BCUT2D eigenvalue weighted by Gasteiger charge is -2.21. The Bertz CT molecular complexity index is 293. The topological polar surface area (TPSA) is 67.0 Å². The highest BCUT2D eigenvalue weighted by Gasteiger charge is 2.21. The average molecular weight is 197 g/mol. The van der Waals surface area contributed by atoms with Gasteiger partial charge in [0.25, 0.3) is 0 Å². The summed E-state index contributed by atoms with van der Waals surface area (Å²) < 4.78 is 5.14. The van der Waals surface area contributed by atoms with Gasteiger partial charge in [0.1, 0.15) is 5.82 Å². The van der Waals surface area contributed by atoms with Crippen LogP contribution in [0.15, 0.2) is 12.3 Å². The van der Waals surface area contributed by atoms with Crippen molar-refractivity contribution in [2.45, 2.75) is 25.9 Å². The molecule has 0 unspecified atom stereocenters. The number of aromatic nitrogens is 2. The van der Waals surface area contributed by atoms with Gasteiger partial charge in [-0.3, -0.25) is 9.89 Å². The standard InChI is InChI=1S/C9H15N3O2/c1-9(2,14-3)6-8(13)11-7-4-5-10-12-7/h4-5H,6H2,1-3H3,(H2,10,11,12,13). The zero-order chi connectivity index (χ0) is 10.6. The van der Waals surface area contributed by atoms with E-state index in [1.165, 1.54) is 0 Å². The molecule has 0 fully saturated rings. The minimum atomic E-state index is -0.440. The van der Waals surface area contributed by atoms with Crippen LogP contribution in [0.2, 0.25) is 0 Å². The van der Waals surface area contributed by atoms with Crippen molar-refractivity contribution in [3.63, 3.8) is 0 Å². The van der Waals surface area contributed by atoms with Gasteiger partial charge in [0.05, 0.1) is 18.2 Å². The van der Waals surface area contributed by atoms with Gasteiger partial charge < -0.3 is 10.1 Å². The molecular weight excluding hydrogens is 182 g/mol. The molecule has 1 aromatic heterocycles. The molecule has 1 heterocycles. The molecule has 1 rings (SSSR count). The smallest absolute Gasteiger partial charge is 0.228 e. The lowest BCUT2D eigenvalue weighted by Crippen LogP contribution is -2.29. The summed E-state index contributed by atoms with van der Waals surface area (Å²) in [4.78, 5) is 11.4. The highest BCUT2D eigenvalue weighted by molar-refractivity contribution is 5.90. The van der Waals surface area contributed by atoms with Gasteiger partial charge in [-0.25, -0.2) is 0 Å². The first-order chi connectivity index (χ1) is 6.53. The average Bonchev–Trinajstić information content (AvgIpc) is 2.55. The molecule has 5 heteroatoms. The molecular formula is C9H15N3O2. The number of methoxy groups -OCH3 is 1. The van der Waals surface area contributed by atoms with E-state index >= 15 is 0 Å². The maximum Gasteiger partial charge on any atom is 0.228 e. The number of carbonyl (C=O) groups excluding carboxylic acids is 1. The minimum absolute atomic E-state index is 0.0962. The van der Waals surface area contributed by atoms with Crippen molar-refractivity contribution in [2.24, 2.45) is 0 Å². The molecule has 1 amide bonds. The van der Waals surface area contributed by atoms with Crippen molar-refractivity contribution < 1.29 is 9.53 Å². The molecule has 0 atom stereocenters. The summed E-state index contributed by atoms with van der Waals surface area (Å²) in [7, 11) is 1.59. The van der Waals surface area contributed by atoms with Crippen LogP contribution in [0.1, 0.15) is 20.3 Å². The Kier molecular flexibility index (Phi) is 3.24. The van der Waals surface area contributed by atoms with E-state index in [1.807, 2.05) is 13.8 Å². The zero-order valence-corrected chi connectivity index (χ0v) is 8.63. The molecule has 0 radical (unpaired) electrons. The van der Waals surface area contributed by atoms with Crippen LogP contribution in [0.25, 0.3) is 0 Å². The van der Waals surface area contributed by atoms with E-state index in [4.69, 9.17) is 4.74 Å². The van der Waals surface area contributed by atoms with Gasteiger partial charge in [-0.2, -0.15) is 5.10 Å². The number of ether oxygens (including phenoxy) is 1. The predicted molar refractivity (Wildman–Crippen MR) is 52.9 cm³/mol. The van der Waals surface area contributed by atoms with Crippen LogP contribution in [0.5, 0.6) is 0 Å². The van der Waals surface area contributed by atoms with Gasteiger partial charge in [-0.15, -0.1) is 0 Å². The Balaban J connectivity index is 2.44. The molecule has 0 aromatic carbocycles. The lowest BCUT2D eigenvalue weighted by atomic mass is 10.1. The van der Waals surface area contributed by atoms with Gasteiger partial charge in [0.2, 0.25) is 5.91 Å². The van der Waals surface area contributed by atoms with E-state index < -0.39 is 5.60 Å². The van der Waals surface area contributed by atoms with Gasteiger partial charge in [0.15, 0.2) is 0 Å². The first-order valence-electron chi connectivity index (χ1n) is 4.38. The van der Waals surface area contributed by atoms with Crippen LogP contribution < -0.4 is 5.32 Å². The fourth-order valence-corrected chi connectivity index (χ4v) is 0.979. The van der Waals surface area contributed by atoms with Crippen molar-refractivity contribution >= 4 is 11.7 Å². The van der Waals surface area contributed by atoms with E-state index in [9.17, 15) is 4.79 Å². The molecule has 1 aromatic rings. The molecule has 0 aliphatic rings. The molecule has 0 saturated heterocycles. The van der Waals surface area contributed by atoms with E-state index in [1.54, 1.807) is 19.4 Å².